The van der Waals surface area contributed by atoms with Gasteiger partial charge in [0.15, 0.2) is 0 Å². The van der Waals surface area contributed by atoms with Gasteiger partial charge in [-0.2, -0.15) is 0 Å². The maximum Gasteiger partial charge on any atom is 0.0110 e. The largest absolute Gasteiger partial charge is 0.344 e. The highest BCUT2D eigenvalue weighted by Crippen LogP contribution is 1.92. The Kier molecular flexibility index (Phi) is 53.6. The highest BCUT2D eigenvalue weighted by molar-refractivity contribution is 4.63. The molecule has 0 aliphatic heterocycles. The summed E-state index contributed by atoms with van der Waals surface area (Å²) in [6, 6.07) is 0. The third-order valence-electron chi connectivity index (χ3n) is 4.52. The lowest BCUT2D eigenvalue weighted by molar-refractivity contribution is 0.229. The first-order valence-electron chi connectivity index (χ1n) is 12.6. The van der Waals surface area contributed by atoms with Gasteiger partial charge in [0.25, 0.3) is 0 Å². The van der Waals surface area contributed by atoms with Crippen LogP contribution in [0.1, 0.15) is 47.5 Å². The van der Waals surface area contributed by atoms with E-state index in [1.807, 2.05) is 13.8 Å². The molecule has 11 N–H and O–H groups in total. The Morgan fingerprint density at radius 1 is 0.594 bits per heavy atom. The molecule has 0 bridgehead atoms. The average Bonchev–Trinajstić information content (AvgIpc) is 2.82. The summed E-state index contributed by atoms with van der Waals surface area (Å²) in [6.45, 7) is 24.7. The van der Waals surface area contributed by atoms with Crippen molar-refractivity contribution in [1.82, 2.24) is 31.5 Å². The summed E-state index contributed by atoms with van der Waals surface area (Å²) in [4.78, 5) is 7.37. The van der Waals surface area contributed by atoms with Crippen molar-refractivity contribution in [3.05, 3.63) is 0 Å². The number of hydrogen-bond acceptors (Lipinski definition) is 9. The molecule has 0 aliphatic rings. The molecule has 0 unspecified atom stereocenters. The summed E-state index contributed by atoms with van der Waals surface area (Å²) in [5.74, 6) is 0. The Morgan fingerprint density at radius 2 is 1.06 bits per heavy atom. The van der Waals surface area contributed by atoms with E-state index < -0.39 is 0 Å². The van der Waals surface area contributed by atoms with Crippen LogP contribution in [0.2, 0.25) is 0 Å². The quantitative estimate of drug-likeness (QED) is 0.152. The van der Waals surface area contributed by atoms with Crippen LogP contribution in [0, 0.1) is 0 Å². The fourth-order valence-electron chi connectivity index (χ4n) is 2.94. The van der Waals surface area contributed by atoms with Crippen molar-refractivity contribution in [1.29, 1.82) is 0 Å². The van der Waals surface area contributed by atoms with Gasteiger partial charge in [0.1, 0.15) is 0 Å². The van der Waals surface area contributed by atoms with Crippen molar-refractivity contribution in [2.45, 2.75) is 47.5 Å². The molecular weight excluding hydrogens is 402 g/mol. The molecule has 9 nitrogen and oxygen atoms in total. The number of nitrogens with one attached hydrogen (secondary N) is 2. The molecule has 0 saturated heterocycles. The van der Waals surface area contributed by atoms with Gasteiger partial charge in [-0.25, -0.2) is 0 Å². The van der Waals surface area contributed by atoms with Crippen LogP contribution in [0.4, 0.5) is 0 Å². The summed E-state index contributed by atoms with van der Waals surface area (Å²) >= 11 is 0. The van der Waals surface area contributed by atoms with Gasteiger partial charge in [-0.1, -0.05) is 34.6 Å². The standard InChI is InChI=1S/C19H46N6.C2H6.2CH5N.H3N/c1-5-13-24(7-3)17-12-22-10-9-21-11-16-23(4)18-19-25(14-6-2)15-8-20;3*1-2;/h21-22H,5-20H2,1-4H3;1-2H3;2*2H2,1H3;1H3. The van der Waals surface area contributed by atoms with Gasteiger partial charge in [-0.3, -0.25) is 0 Å². The van der Waals surface area contributed by atoms with Gasteiger partial charge in [0, 0.05) is 65.4 Å². The first-order valence-corrected chi connectivity index (χ1v) is 12.6. The summed E-state index contributed by atoms with van der Waals surface area (Å²) in [7, 11) is 5.21. The number of nitrogens with two attached hydrogens (primary N) is 3. The van der Waals surface area contributed by atoms with Gasteiger partial charge < -0.3 is 48.7 Å². The van der Waals surface area contributed by atoms with Crippen LogP contribution < -0.4 is 34.0 Å². The maximum atomic E-state index is 5.68. The third kappa shape index (κ3) is 34.3. The van der Waals surface area contributed by atoms with Crippen molar-refractivity contribution in [2.75, 3.05) is 106 Å². The zero-order valence-electron chi connectivity index (χ0n) is 23.4. The molecule has 0 rings (SSSR count). The fourth-order valence-corrected chi connectivity index (χ4v) is 2.94. The molecular formula is C23H65N9. The van der Waals surface area contributed by atoms with E-state index in [4.69, 9.17) is 5.73 Å². The number of rotatable bonds is 19. The molecule has 0 aromatic heterocycles. The van der Waals surface area contributed by atoms with Crippen LogP contribution in [0.3, 0.4) is 0 Å². The Labute approximate surface area is 202 Å². The zero-order chi connectivity index (χ0) is 24.8. The molecule has 32 heavy (non-hydrogen) atoms. The molecule has 0 radical (unpaired) electrons. The van der Waals surface area contributed by atoms with E-state index in [0.717, 1.165) is 78.5 Å². The van der Waals surface area contributed by atoms with Crippen molar-refractivity contribution >= 4 is 0 Å². The van der Waals surface area contributed by atoms with Gasteiger partial charge in [0.2, 0.25) is 0 Å². The minimum Gasteiger partial charge on any atom is -0.344 e. The second-order valence-electron chi connectivity index (χ2n) is 6.87. The molecule has 0 saturated carbocycles. The molecule has 0 fully saturated rings. The topological polar surface area (TPSA) is 147 Å². The van der Waals surface area contributed by atoms with Gasteiger partial charge in [0.05, 0.1) is 0 Å². The molecule has 0 aromatic carbocycles. The predicted octanol–water partition coefficient (Wildman–Crippen LogP) is 0.838. The lowest BCUT2D eigenvalue weighted by atomic mass is 10.3. The number of hydrogen-bond donors (Lipinski definition) is 6. The van der Waals surface area contributed by atoms with E-state index in [1.165, 1.54) is 33.5 Å². The number of nitrogens with zero attached hydrogens (tertiary/aromatic N) is 3. The van der Waals surface area contributed by atoms with Crippen LogP contribution in [0.5, 0.6) is 0 Å². The van der Waals surface area contributed by atoms with Crippen LogP contribution >= 0.6 is 0 Å². The Hall–Kier alpha value is -0.360. The third-order valence-corrected chi connectivity index (χ3v) is 4.52. The van der Waals surface area contributed by atoms with E-state index in [2.05, 4.69) is 64.6 Å². The summed E-state index contributed by atoms with van der Waals surface area (Å²) < 4.78 is 0. The fraction of sp³-hybridized carbons (Fsp3) is 1.00. The first-order chi connectivity index (χ1) is 15.2. The predicted molar refractivity (Wildman–Crippen MR) is 148 cm³/mol. The number of likely N-dealkylation sites (N-methyl/N-ethyl adjacent to an activating group) is 2. The monoisotopic (exact) mass is 468 g/mol. The van der Waals surface area contributed by atoms with E-state index in [9.17, 15) is 0 Å². The van der Waals surface area contributed by atoms with E-state index >= 15 is 0 Å². The molecule has 9 heteroatoms. The minimum absolute atomic E-state index is 0. The van der Waals surface area contributed by atoms with E-state index in [-0.39, 0.29) is 6.15 Å². The smallest absolute Gasteiger partial charge is 0.0110 e. The van der Waals surface area contributed by atoms with Crippen molar-refractivity contribution < 1.29 is 0 Å². The lowest BCUT2D eigenvalue weighted by Crippen LogP contribution is -2.40. The molecule has 0 atom stereocenters. The lowest BCUT2D eigenvalue weighted by Gasteiger charge is -2.24. The van der Waals surface area contributed by atoms with E-state index in [0.29, 0.717) is 0 Å². The Morgan fingerprint density at radius 3 is 1.50 bits per heavy atom. The maximum absolute atomic E-state index is 5.68. The SMILES string of the molecule is CC.CCCN(CC)CCNCCNCCN(C)CCN(CCC)CCN.CN.CN.N. The van der Waals surface area contributed by atoms with Crippen molar-refractivity contribution in [3.8, 4) is 0 Å². The van der Waals surface area contributed by atoms with Crippen molar-refractivity contribution in [3.63, 3.8) is 0 Å². The van der Waals surface area contributed by atoms with Gasteiger partial charge in [-0.15, -0.1) is 0 Å². The average molecular weight is 468 g/mol. The molecule has 202 valence electrons. The first kappa shape index (κ1) is 41.9. The molecule has 0 amide bonds. The second kappa shape index (κ2) is 40.9. The molecule has 0 aromatic rings. The minimum atomic E-state index is 0. The summed E-state index contributed by atoms with van der Waals surface area (Å²) in [6.07, 6.45) is 2.44. The molecule has 0 heterocycles. The normalized spacial score (nSPS) is 9.94. The van der Waals surface area contributed by atoms with Crippen molar-refractivity contribution in [2.24, 2.45) is 17.2 Å². The highest BCUT2D eigenvalue weighted by atomic mass is 15.2. The summed E-state index contributed by atoms with van der Waals surface area (Å²) in [5, 5.41) is 7.06. The van der Waals surface area contributed by atoms with Gasteiger partial charge >= 0.3 is 0 Å². The van der Waals surface area contributed by atoms with Crippen LogP contribution in [0.15, 0.2) is 0 Å². The van der Waals surface area contributed by atoms with Crippen LogP contribution in [0.25, 0.3) is 0 Å². The van der Waals surface area contributed by atoms with Gasteiger partial charge in [-0.05, 0) is 53.6 Å². The zero-order valence-corrected chi connectivity index (χ0v) is 23.4. The molecule has 0 spiro atoms. The Balaban J connectivity index is -0.000000318. The van der Waals surface area contributed by atoms with Crippen LogP contribution in [-0.4, -0.2) is 121 Å². The Bertz CT molecular complexity index is 266. The summed E-state index contributed by atoms with van der Waals surface area (Å²) in [5.41, 5.74) is 14.7. The molecule has 0 aliphatic carbocycles. The second-order valence-corrected chi connectivity index (χ2v) is 6.87. The van der Waals surface area contributed by atoms with Crippen LogP contribution in [-0.2, 0) is 0 Å². The van der Waals surface area contributed by atoms with E-state index in [1.54, 1.807) is 0 Å². The highest BCUT2D eigenvalue weighted by Gasteiger charge is 2.05.